The number of sulfonamides is 1. The second kappa shape index (κ2) is 12.0. The highest BCUT2D eigenvalue weighted by atomic mass is 35.5. The fourth-order valence-corrected chi connectivity index (χ4v) is 6.44. The van der Waals surface area contributed by atoms with Crippen molar-refractivity contribution in [2.24, 2.45) is 0 Å². The molecule has 1 aromatic carbocycles. The van der Waals surface area contributed by atoms with Crippen LogP contribution in [0.15, 0.2) is 35.2 Å². The van der Waals surface area contributed by atoms with Crippen LogP contribution in [0.2, 0.25) is 4.34 Å². The van der Waals surface area contributed by atoms with Crippen molar-refractivity contribution in [3.63, 3.8) is 0 Å². The van der Waals surface area contributed by atoms with Gasteiger partial charge < -0.3 is 19.7 Å². The molecular formula is C23H28ClN3O7S2. The smallest absolute Gasteiger partial charge is 0.325 e. The van der Waals surface area contributed by atoms with Crippen LogP contribution in [-0.4, -0.2) is 65.2 Å². The number of hydrogen-bond acceptors (Lipinski definition) is 9. The fourth-order valence-electron chi connectivity index (χ4n) is 4.03. The van der Waals surface area contributed by atoms with Crippen molar-refractivity contribution in [1.82, 2.24) is 10.0 Å². The van der Waals surface area contributed by atoms with Gasteiger partial charge in [0.1, 0.15) is 12.6 Å². The zero-order chi connectivity index (χ0) is 26.5. The molecule has 0 aliphatic carbocycles. The number of amides is 1. The second-order valence-electron chi connectivity index (χ2n) is 8.20. The van der Waals surface area contributed by atoms with Crippen molar-refractivity contribution in [3.8, 4) is 0 Å². The molecule has 1 fully saturated rings. The predicted molar refractivity (Wildman–Crippen MR) is 136 cm³/mol. The molecule has 1 aliphatic rings. The molecule has 13 heteroatoms. The fraction of sp³-hybridized carbons (Fsp3) is 0.435. The SMILES string of the molecule is COC(=O)[C@H](CNC(=O)c1ccc(Cl)s1)NS(=O)(=O)c1cccc(N2CCCC2COC(C)=O)c1C. The van der Waals surface area contributed by atoms with Crippen LogP contribution < -0.4 is 14.9 Å². The van der Waals surface area contributed by atoms with Crippen molar-refractivity contribution >= 4 is 56.5 Å². The van der Waals surface area contributed by atoms with Gasteiger partial charge in [0.25, 0.3) is 5.91 Å². The molecular weight excluding hydrogens is 530 g/mol. The van der Waals surface area contributed by atoms with Gasteiger partial charge in [-0.1, -0.05) is 17.7 Å². The Morgan fingerprint density at radius 2 is 2.00 bits per heavy atom. The van der Waals surface area contributed by atoms with Crippen LogP contribution in [0.3, 0.4) is 0 Å². The molecule has 1 unspecified atom stereocenters. The number of thiophene rings is 1. The van der Waals surface area contributed by atoms with Crippen LogP contribution in [0.1, 0.15) is 35.0 Å². The molecule has 3 rings (SSSR count). The molecule has 1 saturated heterocycles. The molecule has 1 aliphatic heterocycles. The van der Waals surface area contributed by atoms with Gasteiger partial charge in [-0.3, -0.25) is 14.4 Å². The third-order valence-electron chi connectivity index (χ3n) is 5.76. The number of hydrogen-bond donors (Lipinski definition) is 2. The van der Waals surface area contributed by atoms with Crippen molar-refractivity contribution in [2.75, 3.05) is 31.7 Å². The quantitative estimate of drug-likeness (QED) is 0.426. The normalized spacial score (nSPS) is 16.4. The highest BCUT2D eigenvalue weighted by molar-refractivity contribution is 7.89. The number of nitrogens with one attached hydrogen (secondary N) is 2. The second-order valence-corrected chi connectivity index (χ2v) is 11.6. The van der Waals surface area contributed by atoms with E-state index in [-0.39, 0.29) is 30.1 Å². The van der Waals surface area contributed by atoms with Crippen LogP contribution in [0.4, 0.5) is 5.69 Å². The molecule has 2 aromatic rings. The highest BCUT2D eigenvalue weighted by Crippen LogP contribution is 2.32. The van der Waals surface area contributed by atoms with Crippen molar-refractivity contribution < 1.29 is 32.3 Å². The lowest BCUT2D eigenvalue weighted by Crippen LogP contribution is -2.49. The number of halogens is 1. The minimum atomic E-state index is -4.18. The third kappa shape index (κ3) is 6.75. The number of methoxy groups -OCH3 is 1. The number of ether oxygens (including phenoxy) is 2. The summed E-state index contributed by atoms with van der Waals surface area (Å²) in [5.74, 6) is -1.72. The van der Waals surface area contributed by atoms with Gasteiger partial charge in [0.2, 0.25) is 10.0 Å². The number of nitrogens with zero attached hydrogens (tertiary/aromatic N) is 1. The topological polar surface area (TPSA) is 131 Å². The largest absolute Gasteiger partial charge is 0.468 e. The molecule has 0 radical (unpaired) electrons. The Hall–Kier alpha value is -2.67. The van der Waals surface area contributed by atoms with Crippen LogP contribution in [0.25, 0.3) is 0 Å². The minimum absolute atomic E-state index is 0.0107. The summed E-state index contributed by atoms with van der Waals surface area (Å²) in [5.41, 5.74) is 1.19. The molecule has 0 spiro atoms. The summed E-state index contributed by atoms with van der Waals surface area (Å²) in [4.78, 5) is 38.3. The summed E-state index contributed by atoms with van der Waals surface area (Å²) in [6.07, 6.45) is 1.68. The van der Waals surface area contributed by atoms with E-state index in [2.05, 4.69) is 10.0 Å². The Morgan fingerprint density at radius 1 is 1.25 bits per heavy atom. The van der Waals surface area contributed by atoms with Gasteiger partial charge in [0.15, 0.2) is 0 Å². The van der Waals surface area contributed by atoms with Crippen LogP contribution in [-0.2, 0) is 29.1 Å². The molecule has 1 aromatic heterocycles. The lowest BCUT2D eigenvalue weighted by Gasteiger charge is -2.29. The van der Waals surface area contributed by atoms with E-state index in [1.165, 1.54) is 19.1 Å². The van der Waals surface area contributed by atoms with Gasteiger partial charge in [-0.2, -0.15) is 4.72 Å². The Balaban J connectivity index is 1.79. The predicted octanol–water partition coefficient (Wildman–Crippen LogP) is 2.49. The first-order chi connectivity index (χ1) is 17.0. The van der Waals surface area contributed by atoms with Gasteiger partial charge in [-0.05, 0) is 49.6 Å². The lowest BCUT2D eigenvalue weighted by molar-refractivity contribution is -0.142. The van der Waals surface area contributed by atoms with E-state index < -0.39 is 27.9 Å². The Morgan fingerprint density at radius 3 is 2.64 bits per heavy atom. The Bertz CT molecular complexity index is 1230. The molecule has 2 heterocycles. The Labute approximate surface area is 219 Å². The summed E-state index contributed by atoms with van der Waals surface area (Å²) in [7, 11) is -3.05. The maximum atomic E-state index is 13.3. The van der Waals surface area contributed by atoms with Gasteiger partial charge in [-0.25, -0.2) is 8.42 Å². The van der Waals surface area contributed by atoms with Gasteiger partial charge in [0, 0.05) is 25.7 Å². The number of benzene rings is 1. The number of rotatable bonds is 10. The van der Waals surface area contributed by atoms with Crippen LogP contribution >= 0.6 is 22.9 Å². The van der Waals surface area contributed by atoms with Gasteiger partial charge in [-0.15, -0.1) is 11.3 Å². The van der Waals surface area contributed by atoms with Crippen molar-refractivity contribution in [1.29, 1.82) is 0 Å². The van der Waals surface area contributed by atoms with Crippen LogP contribution in [0, 0.1) is 6.92 Å². The van der Waals surface area contributed by atoms with Crippen molar-refractivity contribution in [2.45, 2.75) is 43.7 Å². The number of esters is 2. The van der Waals surface area contributed by atoms with E-state index in [9.17, 15) is 22.8 Å². The average Bonchev–Trinajstić information content (AvgIpc) is 3.48. The molecule has 1 amide bonds. The lowest BCUT2D eigenvalue weighted by atomic mass is 10.1. The summed E-state index contributed by atoms with van der Waals surface area (Å²) < 4.78 is 39.4. The summed E-state index contributed by atoms with van der Waals surface area (Å²) >= 11 is 6.92. The first-order valence-electron chi connectivity index (χ1n) is 11.2. The first kappa shape index (κ1) is 27.9. The van der Waals surface area contributed by atoms with Crippen LogP contribution in [0.5, 0.6) is 0 Å². The molecule has 36 heavy (non-hydrogen) atoms. The van der Waals surface area contributed by atoms with E-state index in [1.807, 2.05) is 11.0 Å². The Kier molecular flexibility index (Phi) is 9.34. The molecule has 2 N–H and O–H groups in total. The molecule has 196 valence electrons. The van der Waals surface area contributed by atoms with E-state index in [0.717, 1.165) is 31.3 Å². The molecule has 0 bridgehead atoms. The monoisotopic (exact) mass is 557 g/mol. The van der Waals surface area contributed by atoms with E-state index in [0.29, 0.717) is 27.0 Å². The van der Waals surface area contributed by atoms with Gasteiger partial charge >= 0.3 is 11.9 Å². The zero-order valence-electron chi connectivity index (χ0n) is 20.1. The number of carbonyl (C=O) groups excluding carboxylic acids is 3. The van der Waals surface area contributed by atoms with E-state index in [1.54, 1.807) is 19.1 Å². The summed E-state index contributed by atoms with van der Waals surface area (Å²) in [6.45, 7) is 3.60. The number of anilines is 1. The average molecular weight is 558 g/mol. The number of carbonyl (C=O) groups is 3. The zero-order valence-corrected chi connectivity index (χ0v) is 22.5. The first-order valence-corrected chi connectivity index (χ1v) is 13.8. The maximum absolute atomic E-state index is 13.3. The van der Waals surface area contributed by atoms with E-state index >= 15 is 0 Å². The standard InChI is InChI=1S/C23H28ClN3O7S2/c1-14-18(27-11-5-6-16(27)13-34-15(2)28)7-4-8-20(14)36(31,32)26-17(23(30)33-3)12-25-22(29)19-9-10-21(24)35-19/h4,7-10,16-17,26H,5-6,11-13H2,1-3H3,(H,25,29)/t16?,17-/m0/s1. The highest BCUT2D eigenvalue weighted by Gasteiger charge is 2.31. The third-order valence-corrected chi connectivity index (χ3v) is 8.60. The molecule has 0 saturated carbocycles. The maximum Gasteiger partial charge on any atom is 0.325 e. The van der Waals surface area contributed by atoms with Crippen molar-refractivity contribution in [3.05, 3.63) is 45.1 Å². The summed E-state index contributed by atoms with van der Waals surface area (Å²) in [6, 6.07) is 6.54. The van der Waals surface area contributed by atoms with Gasteiger partial charge in [0.05, 0.1) is 27.3 Å². The molecule has 10 nitrogen and oxygen atoms in total. The summed E-state index contributed by atoms with van der Waals surface area (Å²) in [5, 5.41) is 2.54. The van der Waals surface area contributed by atoms with E-state index in [4.69, 9.17) is 21.1 Å². The molecule has 2 atom stereocenters. The minimum Gasteiger partial charge on any atom is -0.468 e.